The van der Waals surface area contributed by atoms with E-state index in [2.05, 4.69) is 5.32 Å². The fourth-order valence-electron chi connectivity index (χ4n) is 3.96. The van der Waals surface area contributed by atoms with Crippen LogP contribution in [0, 0.1) is 5.82 Å². The van der Waals surface area contributed by atoms with Gasteiger partial charge in [0, 0.05) is 30.4 Å². The summed E-state index contributed by atoms with van der Waals surface area (Å²) in [5.41, 5.74) is 0.611. The topological polar surface area (TPSA) is 75.7 Å². The van der Waals surface area contributed by atoms with Gasteiger partial charge in [0.25, 0.3) is 5.91 Å². The molecule has 2 fully saturated rings. The van der Waals surface area contributed by atoms with Crippen molar-refractivity contribution in [3.8, 4) is 5.75 Å². The van der Waals surface area contributed by atoms with Crippen molar-refractivity contribution < 1.29 is 22.3 Å². The Morgan fingerprint density at radius 3 is 2.50 bits per heavy atom. The van der Waals surface area contributed by atoms with Gasteiger partial charge in [0.2, 0.25) is 10.0 Å². The smallest absolute Gasteiger partial charge is 0.255 e. The number of sulfonamides is 1. The monoisotopic (exact) mass is 432 g/mol. The van der Waals surface area contributed by atoms with E-state index >= 15 is 0 Å². The maximum atomic E-state index is 14.3. The summed E-state index contributed by atoms with van der Waals surface area (Å²) < 4.78 is 47.0. The largest absolute Gasteiger partial charge is 0.490 e. The molecule has 0 atom stereocenters. The second kappa shape index (κ2) is 8.73. The van der Waals surface area contributed by atoms with Gasteiger partial charge in [-0.05, 0) is 68.9 Å². The molecule has 8 heteroatoms. The number of rotatable bonds is 6. The number of ether oxygens (including phenoxy) is 1. The van der Waals surface area contributed by atoms with Gasteiger partial charge < -0.3 is 10.1 Å². The molecule has 2 aliphatic rings. The van der Waals surface area contributed by atoms with E-state index in [-0.39, 0.29) is 11.7 Å². The lowest BCUT2D eigenvalue weighted by atomic mass is 10.2. The Morgan fingerprint density at radius 1 is 1.03 bits per heavy atom. The highest BCUT2D eigenvalue weighted by atomic mass is 32.2. The number of amides is 1. The molecule has 1 aliphatic carbocycles. The molecule has 30 heavy (non-hydrogen) atoms. The Labute approximate surface area is 176 Å². The molecule has 0 aromatic heterocycles. The summed E-state index contributed by atoms with van der Waals surface area (Å²) in [7, 11) is -3.96. The Kier molecular flexibility index (Phi) is 6.06. The van der Waals surface area contributed by atoms with Crippen molar-refractivity contribution in [3.63, 3.8) is 0 Å². The average Bonchev–Trinajstić information content (AvgIpc) is 3.43. The third-order valence-corrected chi connectivity index (χ3v) is 7.49. The van der Waals surface area contributed by atoms with Crippen LogP contribution in [-0.2, 0) is 10.0 Å². The fraction of sp³-hybridized carbons (Fsp3) is 0.409. The number of hydrogen-bond donors (Lipinski definition) is 1. The van der Waals surface area contributed by atoms with Crippen LogP contribution < -0.4 is 10.1 Å². The standard InChI is InChI=1S/C22H25FN2O4S/c23-20-11-10-16(14-21(20)30(27,28)25-12-3-4-13-25)22(26)24-17-6-5-9-19(15-17)29-18-7-1-2-8-18/h5-6,9-11,14-15,18H,1-4,7-8,12-13H2,(H,24,26). The molecular weight excluding hydrogens is 407 g/mol. The van der Waals surface area contributed by atoms with Crippen molar-refractivity contribution in [2.24, 2.45) is 0 Å². The molecule has 1 amide bonds. The maximum Gasteiger partial charge on any atom is 0.255 e. The number of benzene rings is 2. The minimum absolute atomic E-state index is 0.0799. The van der Waals surface area contributed by atoms with Crippen LogP contribution in [0.4, 0.5) is 10.1 Å². The zero-order chi connectivity index (χ0) is 21.1. The number of nitrogens with zero attached hydrogens (tertiary/aromatic N) is 1. The molecule has 1 heterocycles. The summed E-state index contributed by atoms with van der Waals surface area (Å²) >= 11 is 0. The van der Waals surface area contributed by atoms with Crippen LogP contribution in [0.2, 0.25) is 0 Å². The molecule has 0 unspecified atom stereocenters. The number of anilines is 1. The van der Waals surface area contributed by atoms with E-state index in [0.717, 1.165) is 50.7 Å². The molecule has 4 rings (SSSR count). The number of carbonyl (C=O) groups excluding carboxylic acids is 1. The van der Waals surface area contributed by atoms with E-state index in [4.69, 9.17) is 4.74 Å². The van der Waals surface area contributed by atoms with E-state index in [1.54, 1.807) is 18.2 Å². The maximum absolute atomic E-state index is 14.3. The number of halogens is 1. The molecule has 160 valence electrons. The van der Waals surface area contributed by atoms with E-state index in [9.17, 15) is 17.6 Å². The van der Waals surface area contributed by atoms with Crippen LogP contribution in [0.1, 0.15) is 48.9 Å². The van der Waals surface area contributed by atoms with Gasteiger partial charge in [-0.2, -0.15) is 4.31 Å². The molecule has 2 aromatic carbocycles. The van der Waals surface area contributed by atoms with E-state index in [0.29, 0.717) is 24.5 Å². The minimum Gasteiger partial charge on any atom is -0.490 e. The fourth-order valence-corrected chi connectivity index (χ4v) is 5.57. The molecule has 1 aliphatic heterocycles. The van der Waals surface area contributed by atoms with E-state index in [1.165, 1.54) is 10.4 Å². The predicted molar refractivity (Wildman–Crippen MR) is 112 cm³/mol. The number of nitrogens with one attached hydrogen (secondary N) is 1. The summed E-state index contributed by atoms with van der Waals surface area (Å²) in [4.78, 5) is 12.2. The van der Waals surface area contributed by atoms with Crippen molar-refractivity contribution in [3.05, 3.63) is 53.8 Å². The number of carbonyl (C=O) groups is 1. The van der Waals surface area contributed by atoms with Gasteiger partial charge in [-0.1, -0.05) is 6.07 Å². The average molecular weight is 433 g/mol. The summed E-state index contributed by atoms with van der Waals surface area (Å²) in [5, 5.41) is 2.74. The summed E-state index contributed by atoms with van der Waals surface area (Å²) in [6.45, 7) is 0.734. The predicted octanol–water partition coefficient (Wildman–Crippen LogP) is 4.18. The van der Waals surface area contributed by atoms with Crippen LogP contribution in [0.5, 0.6) is 5.75 Å². The highest BCUT2D eigenvalue weighted by molar-refractivity contribution is 7.89. The Bertz CT molecular complexity index is 1030. The Morgan fingerprint density at radius 2 is 1.77 bits per heavy atom. The van der Waals surface area contributed by atoms with Crippen molar-refractivity contribution in [2.75, 3.05) is 18.4 Å². The van der Waals surface area contributed by atoms with Gasteiger partial charge in [0.1, 0.15) is 16.5 Å². The first kappa shape index (κ1) is 20.8. The van der Waals surface area contributed by atoms with Crippen molar-refractivity contribution in [1.82, 2.24) is 4.31 Å². The molecule has 2 aromatic rings. The molecular formula is C22H25FN2O4S. The third-order valence-electron chi connectivity index (χ3n) is 5.57. The highest BCUT2D eigenvalue weighted by Crippen LogP contribution is 2.27. The molecule has 6 nitrogen and oxygen atoms in total. The van der Waals surface area contributed by atoms with Gasteiger partial charge in [-0.3, -0.25) is 4.79 Å². The highest BCUT2D eigenvalue weighted by Gasteiger charge is 2.30. The van der Waals surface area contributed by atoms with Gasteiger partial charge in [-0.15, -0.1) is 0 Å². The molecule has 0 radical (unpaired) electrons. The van der Waals surface area contributed by atoms with E-state index in [1.807, 2.05) is 6.07 Å². The molecule has 1 saturated heterocycles. The summed E-state index contributed by atoms with van der Waals surface area (Å²) in [6.07, 6.45) is 6.08. The first-order chi connectivity index (χ1) is 14.4. The SMILES string of the molecule is O=C(Nc1cccc(OC2CCCC2)c1)c1ccc(F)c(S(=O)(=O)N2CCCC2)c1. The second-order valence-electron chi connectivity index (χ2n) is 7.76. The Balaban J connectivity index is 1.51. The molecule has 0 spiro atoms. The van der Waals surface area contributed by atoms with Crippen LogP contribution in [0.3, 0.4) is 0 Å². The van der Waals surface area contributed by atoms with Gasteiger partial charge in [0.15, 0.2) is 0 Å². The second-order valence-corrected chi connectivity index (χ2v) is 9.67. The van der Waals surface area contributed by atoms with Crippen molar-refractivity contribution in [1.29, 1.82) is 0 Å². The lowest BCUT2D eigenvalue weighted by Gasteiger charge is -2.17. The lowest BCUT2D eigenvalue weighted by molar-refractivity contribution is 0.102. The van der Waals surface area contributed by atoms with E-state index < -0.39 is 26.6 Å². The summed E-state index contributed by atoms with van der Waals surface area (Å²) in [6, 6.07) is 10.5. The van der Waals surface area contributed by atoms with Gasteiger partial charge >= 0.3 is 0 Å². The molecule has 0 bridgehead atoms. The van der Waals surface area contributed by atoms with Crippen molar-refractivity contribution >= 4 is 21.6 Å². The molecule has 1 N–H and O–H groups in total. The summed E-state index contributed by atoms with van der Waals surface area (Å²) in [5.74, 6) is -0.688. The number of hydrogen-bond acceptors (Lipinski definition) is 4. The normalized spacial score (nSPS) is 17.9. The van der Waals surface area contributed by atoms with Crippen LogP contribution in [0.15, 0.2) is 47.4 Å². The zero-order valence-electron chi connectivity index (χ0n) is 16.6. The van der Waals surface area contributed by atoms with Crippen LogP contribution >= 0.6 is 0 Å². The first-order valence-corrected chi connectivity index (χ1v) is 11.8. The lowest BCUT2D eigenvalue weighted by Crippen LogP contribution is -2.29. The minimum atomic E-state index is -3.96. The van der Waals surface area contributed by atoms with Gasteiger partial charge in [-0.25, -0.2) is 12.8 Å². The van der Waals surface area contributed by atoms with Crippen LogP contribution in [-0.4, -0.2) is 37.8 Å². The quantitative estimate of drug-likeness (QED) is 0.743. The van der Waals surface area contributed by atoms with Gasteiger partial charge in [0.05, 0.1) is 6.10 Å². The first-order valence-electron chi connectivity index (χ1n) is 10.3. The zero-order valence-corrected chi connectivity index (χ0v) is 17.5. The Hall–Kier alpha value is -2.45. The third kappa shape index (κ3) is 4.49. The molecule has 1 saturated carbocycles. The van der Waals surface area contributed by atoms with Crippen LogP contribution in [0.25, 0.3) is 0 Å². The van der Waals surface area contributed by atoms with Crippen molar-refractivity contribution in [2.45, 2.75) is 49.5 Å².